The van der Waals surface area contributed by atoms with Gasteiger partial charge in [0.25, 0.3) is 0 Å². The summed E-state index contributed by atoms with van der Waals surface area (Å²) in [7, 11) is 0. The summed E-state index contributed by atoms with van der Waals surface area (Å²) in [5.74, 6) is 0. The van der Waals surface area contributed by atoms with Gasteiger partial charge in [-0.3, -0.25) is 0 Å². The molecular weight excluding hydrogens is 284 g/mol. The molecule has 2 amide bonds. The number of urea groups is 1. The third kappa shape index (κ3) is 3.69. The zero-order chi connectivity index (χ0) is 16.1. The van der Waals surface area contributed by atoms with Crippen LogP contribution in [0.15, 0.2) is 72.8 Å². The molecule has 0 saturated carbocycles. The summed E-state index contributed by atoms with van der Waals surface area (Å²) in [5, 5.41) is 5.28. The Balaban J connectivity index is 1.73. The van der Waals surface area contributed by atoms with Gasteiger partial charge in [-0.2, -0.15) is 0 Å². The molecule has 0 fully saturated rings. The van der Waals surface area contributed by atoms with Crippen LogP contribution >= 0.6 is 0 Å². The first-order valence-electron chi connectivity index (χ1n) is 7.85. The molecule has 0 saturated heterocycles. The number of nitrogens with zero attached hydrogens (tertiary/aromatic N) is 1. The first-order chi connectivity index (χ1) is 11.3. The second-order valence-corrected chi connectivity index (χ2v) is 5.49. The van der Waals surface area contributed by atoms with Crippen LogP contribution in [0.5, 0.6) is 0 Å². The Morgan fingerprint density at radius 2 is 1.61 bits per heavy atom. The Labute approximate surface area is 136 Å². The summed E-state index contributed by atoms with van der Waals surface area (Å²) in [5.41, 5.74) is 1.95. The Bertz CT molecular complexity index is 799. The normalized spacial score (nSPS) is 10.5. The monoisotopic (exact) mass is 304 g/mol. The van der Waals surface area contributed by atoms with E-state index in [2.05, 4.69) is 11.4 Å². The van der Waals surface area contributed by atoms with Gasteiger partial charge >= 0.3 is 6.03 Å². The molecule has 3 aromatic carbocycles. The topological polar surface area (TPSA) is 32.3 Å². The molecule has 0 aliphatic carbocycles. The molecular formula is C20H20N2O. The van der Waals surface area contributed by atoms with Gasteiger partial charge in [0.1, 0.15) is 0 Å². The summed E-state index contributed by atoms with van der Waals surface area (Å²) >= 11 is 0. The number of hydrogen-bond donors (Lipinski definition) is 1. The third-order valence-electron chi connectivity index (χ3n) is 3.89. The standard InChI is InChI=1S/C20H20N2O/c1-2-22(15-16-8-4-3-5-9-16)20(23)21-19-13-12-17-10-6-7-11-18(17)14-19/h3-14H,2,15H2,1H3,(H,21,23). The van der Waals surface area contributed by atoms with Crippen LogP contribution in [0.3, 0.4) is 0 Å². The van der Waals surface area contributed by atoms with Gasteiger partial charge in [-0.1, -0.05) is 60.7 Å². The van der Waals surface area contributed by atoms with Crippen LogP contribution < -0.4 is 5.32 Å². The molecule has 0 heterocycles. The van der Waals surface area contributed by atoms with Gasteiger partial charge in [-0.05, 0) is 35.4 Å². The lowest BCUT2D eigenvalue weighted by molar-refractivity contribution is 0.212. The van der Waals surface area contributed by atoms with Crippen LogP contribution in [0.2, 0.25) is 0 Å². The van der Waals surface area contributed by atoms with Crippen molar-refractivity contribution in [3.05, 3.63) is 78.4 Å². The van der Waals surface area contributed by atoms with Crippen molar-refractivity contribution >= 4 is 22.5 Å². The summed E-state index contributed by atoms with van der Waals surface area (Å²) in [6.45, 7) is 3.26. The molecule has 0 aliphatic rings. The lowest BCUT2D eigenvalue weighted by Gasteiger charge is -2.21. The highest BCUT2D eigenvalue weighted by molar-refractivity contribution is 5.93. The van der Waals surface area contributed by atoms with E-state index >= 15 is 0 Å². The fourth-order valence-electron chi connectivity index (χ4n) is 2.60. The third-order valence-corrected chi connectivity index (χ3v) is 3.89. The van der Waals surface area contributed by atoms with Crippen molar-refractivity contribution < 1.29 is 4.79 Å². The number of anilines is 1. The van der Waals surface area contributed by atoms with Crippen LogP contribution in [-0.4, -0.2) is 17.5 Å². The molecule has 0 aromatic heterocycles. The lowest BCUT2D eigenvalue weighted by Crippen LogP contribution is -2.34. The van der Waals surface area contributed by atoms with Crippen LogP contribution in [0.4, 0.5) is 10.5 Å². The first-order valence-corrected chi connectivity index (χ1v) is 7.85. The summed E-state index contributed by atoms with van der Waals surface area (Å²) < 4.78 is 0. The smallest absolute Gasteiger partial charge is 0.320 e. The van der Waals surface area contributed by atoms with Crippen LogP contribution in [0.1, 0.15) is 12.5 Å². The summed E-state index contributed by atoms with van der Waals surface area (Å²) in [6, 6.07) is 24.1. The van der Waals surface area contributed by atoms with Crippen molar-refractivity contribution in [2.75, 3.05) is 11.9 Å². The SMILES string of the molecule is CCN(Cc1ccccc1)C(=O)Nc1ccc2ccccc2c1. The minimum absolute atomic E-state index is 0.0772. The zero-order valence-electron chi connectivity index (χ0n) is 13.2. The van der Waals surface area contributed by atoms with Crippen LogP contribution in [0.25, 0.3) is 10.8 Å². The van der Waals surface area contributed by atoms with E-state index in [0.29, 0.717) is 13.1 Å². The largest absolute Gasteiger partial charge is 0.322 e. The van der Waals surface area contributed by atoms with Gasteiger partial charge in [-0.15, -0.1) is 0 Å². The van der Waals surface area contributed by atoms with E-state index in [1.54, 1.807) is 4.90 Å². The maximum absolute atomic E-state index is 12.5. The molecule has 0 bridgehead atoms. The molecule has 0 aliphatic heterocycles. The van der Waals surface area contributed by atoms with Crippen LogP contribution in [0, 0.1) is 0 Å². The van der Waals surface area contributed by atoms with Crippen molar-refractivity contribution in [3.63, 3.8) is 0 Å². The zero-order valence-corrected chi connectivity index (χ0v) is 13.2. The van der Waals surface area contributed by atoms with Gasteiger partial charge in [0.2, 0.25) is 0 Å². The quantitative estimate of drug-likeness (QED) is 0.731. The number of hydrogen-bond acceptors (Lipinski definition) is 1. The predicted molar refractivity (Wildman–Crippen MR) is 95.5 cm³/mol. The average molecular weight is 304 g/mol. The number of carbonyl (C=O) groups excluding carboxylic acids is 1. The second kappa shape index (κ2) is 6.97. The number of rotatable bonds is 4. The highest BCUT2D eigenvalue weighted by atomic mass is 16.2. The van der Waals surface area contributed by atoms with E-state index < -0.39 is 0 Å². The van der Waals surface area contributed by atoms with E-state index in [1.165, 1.54) is 5.39 Å². The minimum Gasteiger partial charge on any atom is -0.320 e. The number of benzene rings is 3. The Kier molecular flexibility index (Phi) is 4.57. The predicted octanol–water partition coefficient (Wildman–Crippen LogP) is 4.89. The fraction of sp³-hybridized carbons (Fsp3) is 0.150. The molecule has 23 heavy (non-hydrogen) atoms. The van der Waals surface area contributed by atoms with Crippen molar-refractivity contribution in [2.24, 2.45) is 0 Å². The van der Waals surface area contributed by atoms with E-state index in [9.17, 15) is 4.79 Å². The summed E-state index contributed by atoms with van der Waals surface area (Å²) in [4.78, 5) is 14.3. The first kappa shape index (κ1) is 15.1. The molecule has 0 atom stereocenters. The molecule has 0 spiro atoms. The molecule has 116 valence electrons. The maximum atomic E-state index is 12.5. The molecule has 1 N–H and O–H groups in total. The molecule has 0 unspecified atom stereocenters. The molecule has 3 aromatic rings. The van der Waals surface area contributed by atoms with Crippen LogP contribution in [-0.2, 0) is 6.54 Å². The van der Waals surface area contributed by atoms with Crippen molar-refractivity contribution in [2.45, 2.75) is 13.5 Å². The van der Waals surface area contributed by atoms with E-state index in [-0.39, 0.29) is 6.03 Å². The van der Waals surface area contributed by atoms with Gasteiger partial charge < -0.3 is 10.2 Å². The Morgan fingerprint density at radius 1 is 0.913 bits per heavy atom. The molecule has 3 heteroatoms. The Morgan fingerprint density at radius 3 is 2.35 bits per heavy atom. The molecule has 3 rings (SSSR count). The van der Waals surface area contributed by atoms with Gasteiger partial charge in [0, 0.05) is 18.8 Å². The van der Waals surface area contributed by atoms with Gasteiger partial charge in [0.15, 0.2) is 0 Å². The van der Waals surface area contributed by atoms with E-state index in [1.807, 2.05) is 73.7 Å². The molecule has 3 nitrogen and oxygen atoms in total. The van der Waals surface area contributed by atoms with Gasteiger partial charge in [-0.25, -0.2) is 4.79 Å². The number of carbonyl (C=O) groups is 1. The highest BCUT2D eigenvalue weighted by Crippen LogP contribution is 2.19. The number of nitrogens with one attached hydrogen (secondary N) is 1. The summed E-state index contributed by atoms with van der Waals surface area (Å²) in [6.07, 6.45) is 0. The fourth-order valence-corrected chi connectivity index (χ4v) is 2.60. The van der Waals surface area contributed by atoms with Crippen molar-refractivity contribution in [1.29, 1.82) is 0 Å². The number of amides is 2. The van der Waals surface area contributed by atoms with Crippen molar-refractivity contribution in [3.8, 4) is 0 Å². The van der Waals surface area contributed by atoms with E-state index in [0.717, 1.165) is 16.6 Å². The maximum Gasteiger partial charge on any atom is 0.322 e. The van der Waals surface area contributed by atoms with Gasteiger partial charge in [0.05, 0.1) is 0 Å². The average Bonchev–Trinajstić information content (AvgIpc) is 2.60. The Hall–Kier alpha value is -2.81. The van der Waals surface area contributed by atoms with E-state index in [4.69, 9.17) is 0 Å². The highest BCUT2D eigenvalue weighted by Gasteiger charge is 2.12. The second-order valence-electron chi connectivity index (χ2n) is 5.49. The lowest BCUT2D eigenvalue weighted by atomic mass is 10.1. The molecule has 0 radical (unpaired) electrons. The van der Waals surface area contributed by atoms with Crippen molar-refractivity contribution in [1.82, 2.24) is 4.90 Å². The number of fused-ring (bicyclic) bond motifs is 1. The minimum atomic E-state index is -0.0772.